The van der Waals surface area contributed by atoms with Crippen LogP contribution >= 0.6 is 15.9 Å². The number of nitrogens with one attached hydrogen (secondary N) is 1. The molecule has 0 aromatic heterocycles. The number of carbonyl (C=O) groups excluding carboxylic acids is 1. The third kappa shape index (κ3) is 4.59. The van der Waals surface area contributed by atoms with Crippen LogP contribution in [0.2, 0.25) is 0 Å². The van der Waals surface area contributed by atoms with Crippen molar-refractivity contribution in [2.75, 3.05) is 11.9 Å². The van der Waals surface area contributed by atoms with Crippen LogP contribution in [-0.2, 0) is 16.1 Å². The number of hydrogen-bond donors (Lipinski definition) is 2. The second-order valence-electron chi connectivity index (χ2n) is 4.19. The summed E-state index contributed by atoms with van der Waals surface area (Å²) in [7, 11) is 0. The molecule has 0 saturated heterocycles. The van der Waals surface area contributed by atoms with E-state index in [1.165, 1.54) is 0 Å². The molecule has 0 amide bonds. The van der Waals surface area contributed by atoms with Crippen LogP contribution in [-0.4, -0.2) is 17.6 Å². The zero-order valence-electron chi connectivity index (χ0n) is 10.7. The maximum Gasteiger partial charge on any atom is 0.325 e. The number of aromatic hydroxyl groups is 1. The number of halogens is 1. The van der Waals surface area contributed by atoms with Crippen LogP contribution in [0, 0.1) is 0 Å². The van der Waals surface area contributed by atoms with E-state index in [0.717, 1.165) is 15.7 Å². The molecule has 2 aromatic rings. The summed E-state index contributed by atoms with van der Waals surface area (Å²) in [6, 6.07) is 14.1. The van der Waals surface area contributed by atoms with Gasteiger partial charge in [-0.1, -0.05) is 28.1 Å². The van der Waals surface area contributed by atoms with E-state index in [2.05, 4.69) is 21.2 Å². The van der Waals surface area contributed by atoms with Gasteiger partial charge in [0.1, 0.15) is 18.9 Å². The number of ether oxygens (including phenoxy) is 1. The largest absolute Gasteiger partial charge is 0.508 e. The SMILES string of the molecule is O=C(CNc1ccc(O)cc1)OCc1cccc(Br)c1. The number of phenols is 1. The number of carbonyl (C=O) groups is 1. The quantitative estimate of drug-likeness (QED) is 0.650. The van der Waals surface area contributed by atoms with Crippen molar-refractivity contribution in [3.63, 3.8) is 0 Å². The average molecular weight is 336 g/mol. The van der Waals surface area contributed by atoms with Gasteiger partial charge in [0.05, 0.1) is 0 Å². The van der Waals surface area contributed by atoms with Crippen molar-refractivity contribution >= 4 is 27.6 Å². The van der Waals surface area contributed by atoms with Crippen molar-refractivity contribution in [2.45, 2.75) is 6.61 Å². The van der Waals surface area contributed by atoms with Gasteiger partial charge in [-0.15, -0.1) is 0 Å². The Morgan fingerprint density at radius 2 is 1.95 bits per heavy atom. The second-order valence-corrected chi connectivity index (χ2v) is 5.11. The normalized spacial score (nSPS) is 10.1. The van der Waals surface area contributed by atoms with Crippen molar-refractivity contribution in [3.8, 4) is 5.75 Å². The zero-order chi connectivity index (χ0) is 14.4. The molecule has 0 heterocycles. The highest BCUT2D eigenvalue weighted by atomic mass is 79.9. The number of benzene rings is 2. The lowest BCUT2D eigenvalue weighted by Crippen LogP contribution is -2.16. The van der Waals surface area contributed by atoms with Gasteiger partial charge in [0.2, 0.25) is 0 Å². The Kier molecular flexibility index (Phi) is 5.01. The molecule has 0 atom stereocenters. The number of phenolic OH excluding ortho intramolecular Hbond substituents is 1. The number of anilines is 1. The fraction of sp³-hybridized carbons (Fsp3) is 0.133. The Bertz CT molecular complexity index is 584. The van der Waals surface area contributed by atoms with Crippen LogP contribution in [0.5, 0.6) is 5.75 Å². The first-order chi connectivity index (χ1) is 9.63. The van der Waals surface area contributed by atoms with Crippen LogP contribution in [0.1, 0.15) is 5.56 Å². The van der Waals surface area contributed by atoms with E-state index in [0.29, 0.717) is 0 Å². The second kappa shape index (κ2) is 6.96. The number of rotatable bonds is 5. The molecular weight excluding hydrogens is 322 g/mol. The summed E-state index contributed by atoms with van der Waals surface area (Å²) in [5, 5.41) is 12.1. The van der Waals surface area contributed by atoms with Gasteiger partial charge in [-0.05, 0) is 42.0 Å². The third-order valence-corrected chi connectivity index (χ3v) is 3.09. The summed E-state index contributed by atoms with van der Waals surface area (Å²) in [5.41, 5.74) is 1.68. The van der Waals surface area contributed by atoms with Crippen molar-refractivity contribution in [1.29, 1.82) is 0 Å². The average Bonchev–Trinajstić information content (AvgIpc) is 2.45. The molecule has 5 heteroatoms. The van der Waals surface area contributed by atoms with E-state index < -0.39 is 0 Å². The predicted octanol–water partition coefficient (Wildman–Crippen LogP) is 3.31. The minimum Gasteiger partial charge on any atom is -0.508 e. The lowest BCUT2D eigenvalue weighted by atomic mass is 10.2. The summed E-state index contributed by atoms with van der Waals surface area (Å²) in [6.07, 6.45) is 0. The molecule has 0 fully saturated rings. The fourth-order valence-electron chi connectivity index (χ4n) is 1.60. The molecule has 2 N–H and O–H groups in total. The van der Waals surface area contributed by atoms with Crippen LogP contribution < -0.4 is 5.32 Å². The molecule has 0 bridgehead atoms. The molecule has 0 spiro atoms. The maximum absolute atomic E-state index is 11.6. The Morgan fingerprint density at radius 3 is 2.65 bits per heavy atom. The van der Waals surface area contributed by atoms with Gasteiger partial charge >= 0.3 is 5.97 Å². The van der Waals surface area contributed by atoms with Crippen LogP contribution in [0.25, 0.3) is 0 Å². The first-order valence-corrected chi connectivity index (χ1v) is 6.86. The highest BCUT2D eigenvalue weighted by Gasteiger charge is 2.03. The lowest BCUT2D eigenvalue weighted by Gasteiger charge is -2.07. The Balaban J connectivity index is 1.77. The van der Waals surface area contributed by atoms with Crippen molar-refractivity contribution in [3.05, 3.63) is 58.6 Å². The molecule has 0 aliphatic heterocycles. The van der Waals surface area contributed by atoms with Crippen LogP contribution in [0.15, 0.2) is 53.0 Å². The molecule has 2 rings (SSSR count). The van der Waals surface area contributed by atoms with Crippen LogP contribution in [0.4, 0.5) is 5.69 Å². The highest BCUT2D eigenvalue weighted by molar-refractivity contribution is 9.10. The van der Waals surface area contributed by atoms with E-state index in [1.807, 2.05) is 24.3 Å². The van der Waals surface area contributed by atoms with Gasteiger partial charge in [0.25, 0.3) is 0 Å². The summed E-state index contributed by atoms with van der Waals surface area (Å²) in [6.45, 7) is 0.328. The molecule has 0 unspecified atom stereocenters. The molecule has 0 aliphatic carbocycles. The molecular formula is C15H14BrNO3. The van der Waals surface area contributed by atoms with Gasteiger partial charge in [-0.2, -0.15) is 0 Å². The summed E-state index contributed by atoms with van der Waals surface area (Å²) in [4.78, 5) is 11.6. The highest BCUT2D eigenvalue weighted by Crippen LogP contribution is 2.14. The topological polar surface area (TPSA) is 58.6 Å². The van der Waals surface area contributed by atoms with Crippen LogP contribution in [0.3, 0.4) is 0 Å². The monoisotopic (exact) mass is 335 g/mol. The van der Waals surface area contributed by atoms with Crippen molar-refractivity contribution in [2.24, 2.45) is 0 Å². The minimum absolute atomic E-state index is 0.0821. The third-order valence-electron chi connectivity index (χ3n) is 2.59. The summed E-state index contributed by atoms with van der Waals surface area (Å²) in [5.74, 6) is -0.147. The Hall–Kier alpha value is -2.01. The van der Waals surface area contributed by atoms with Gasteiger partial charge < -0.3 is 15.2 Å². The first kappa shape index (κ1) is 14.4. The van der Waals surface area contributed by atoms with Gasteiger partial charge in [-0.25, -0.2) is 0 Å². The van der Waals surface area contributed by atoms with E-state index in [4.69, 9.17) is 9.84 Å². The maximum atomic E-state index is 11.6. The van der Waals surface area contributed by atoms with Gasteiger partial charge in [0.15, 0.2) is 0 Å². The van der Waals surface area contributed by atoms with Gasteiger partial charge in [-0.3, -0.25) is 4.79 Å². The molecule has 0 radical (unpaired) electrons. The molecule has 0 aliphatic rings. The molecule has 0 saturated carbocycles. The smallest absolute Gasteiger partial charge is 0.325 e. The zero-order valence-corrected chi connectivity index (χ0v) is 12.3. The van der Waals surface area contributed by atoms with E-state index in [-0.39, 0.29) is 24.9 Å². The molecule has 2 aromatic carbocycles. The number of hydrogen-bond acceptors (Lipinski definition) is 4. The molecule has 4 nitrogen and oxygen atoms in total. The lowest BCUT2D eigenvalue weighted by molar-refractivity contribution is -0.142. The molecule has 20 heavy (non-hydrogen) atoms. The van der Waals surface area contributed by atoms with E-state index in [9.17, 15) is 4.79 Å². The van der Waals surface area contributed by atoms with E-state index in [1.54, 1.807) is 24.3 Å². The standard InChI is InChI=1S/C15H14BrNO3/c16-12-3-1-2-11(8-12)10-20-15(19)9-17-13-4-6-14(18)7-5-13/h1-8,17-18H,9-10H2. The first-order valence-electron chi connectivity index (χ1n) is 6.06. The van der Waals surface area contributed by atoms with Crippen molar-refractivity contribution in [1.82, 2.24) is 0 Å². The minimum atomic E-state index is -0.335. The Morgan fingerprint density at radius 1 is 1.20 bits per heavy atom. The fourth-order valence-corrected chi connectivity index (χ4v) is 2.04. The summed E-state index contributed by atoms with van der Waals surface area (Å²) >= 11 is 3.36. The van der Waals surface area contributed by atoms with E-state index >= 15 is 0 Å². The van der Waals surface area contributed by atoms with Crippen molar-refractivity contribution < 1.29 is 14.6 Å². The Labute approximate surface area is 125 Å². The predicted molar refractivity (Wildman–Crippen MR) is 80.5 cm³/mol. The summed E-state index contributed by atoms with van der Waals surface area (Å²) < 4.78 is 6.11. The number of esters is 1. The van der Waals surface area contributed by atoms with Gasteiger partial charge in [0, 0.05) is 10.2 Å². The molecule has 104 valence electrons.